The SMILES string of the molecule is Cc1ccc2cccc([O-])c2n1.Cc1ccc2cccc([O-])c2n1.[Al+3].[Al+3].[OH-].[OH-].[OH-].[OH-]. The second-order valence-electron chi connectivity index (χ2n) is 5.56. The van der Waals surface area contributed by atoms with Crippen molar-refractivity contribution < 1.29 is 32.1 Å². The number of para-hydroxylation sites is 2. The Bertz CT molecular complexity index is 951. The van der Waals surface area contributed by atoms with E-state index >= 15 is 0 Å². The fourth-order valence-electron chi connectivity index (χ4n) is 2.43. The van der Waals surface area contributed by atoms with Gasteiger partial charge in [0.05, 0.1) is 11.0 Å². The summed E-state index contributed by atoms with van der Waals surface area (Å²) in [6.45, 7) is 3.76. The smallest absolute Gasteiger partial charge is 0.871 e. The first-order chi connectivity index (χ1) is 11.5. The summed E-state index contributed by atoms with van der Waals surface area (Å²) in [6.07, 6.45) is 0. The topological polar surface area (TPSA) is 192 Å². The van der Waals surface area contributed by atoms with Gasteiger partial charge in [-0.3, -0.25) is 9.97 Å². The Balaban J connectivity index is -0.000000188. The first-order valence-electron chi connectivity index (χ1n) is 7.61. The molecule has 0 saturated heterocycles. The number of pyridine rings is 2. The van der Waals surface area contributed by atoms with Crippen molar-refractivity contribution in [2.75, 3.05) is 0 Å². The average Bonchev–Trinajstić information content (AvgIpc) is 2.57. The number of hydrogen-bond donors (Lipinski definition) is 0. The standard InChI is InChI=1S/2C10H9NO.2Al.4H2O/c2*1-7-5-6-8-3-2-4-9(12)10(8)11-7;;;;;;/h2*2-6,12H,1H3;;;4*1H2/q;;2*+3;;;;/p-6. The van der Waals surface area contributed by atoms with Gasteiger partial charge in [-0.2, -0.15) is 0 Å². The van der Waals surface area contributed by atoms with Gasteiger partial charge in [0.2, 0.25) is 0 Å². The zero-order chi connectivity index (χ0) is 17.1. The number of nitrogens with zero attached hydrogens (tertiary/aromatic N) is 2. The van der Waals surface area contributed by atoms with E-state index in [1.165, 1.54) is 12.1 Å². The van der Waals surface area contributed by atoms with Crippen LogP contribution in [0.4, 0.5) is 0 Å². The quantitative estimate of drug-likeness (QED) is 0.370. The molecule has 0 aliphatic heterocycles. The molecule has 0 radical (unpaired) electrons. The maximum absolute atomic E-state index is 11.3. The zero-order valence-corrected chi connectivity index (χ0v) is 18.7. The molecule has 0 aliphatic carbocycles. The van der Waals surface area contributed by atoms with Crippen molar-refractivity contribution in [1.82, 2.24) is 9.97 Å². The van der Waals surface area contributed by atoms with E-state index in [9.17, 15) is 10.2 Å². The molecule has 0 amide bonds. The Kier molecular flexibility index (Phi) is 18.3. The number of aromatic nitrogens is 2. The summed E-state index contributed by atoms with van der Waals surface area (Å²) in [5.41, 5.74) is 2.90. The maximum Gasteiger partial charge on any atom is 3.00 e. The average molecular weight is 438 g/mol. The van der Waals surface area contributed by atoms with E-state index in [1.807, 2.05) is 50.2 Å². The molecule has 0 unspecified atom stereocenters. The molecule has 0 aliphatic rings. The molecular formula is C20H20Al2N2O6. The van der Waals surface area contributed by atoms with Crippen LogP contribution >= 0.6 is 0 Å². The summed E-state index contributed by atoms with van der Waals surface area (Å²) < 4.78 is 0. The fourth-order valence-corrected chi connectivity index (χ4v) is 2.43. The Morgan fingerprint density at radius 3 is 1.20 bits per heavy atom. The van der Waals surface area contributed by atoms with Crippen LogP contribution < -0.4 is 10.2 Å². The van der Waals surface area contributed by atoms with E-state index < -0.39 is 0 Å². The summed E-state index contributed by atoms with van der Waals surface area (Å²) in [4.78, 5) is 8.33. The van der Waals surface area contributed by atoms with E-state index in [4.69, 9.17) is 0 Å². The molecule has 2 heterocycles. The van der Waals surface area contributed by atoms with Gasteiger partial charge in [-0.1, -0.05) is 60.0 Å². The number of fused-ring (bicyclic) bond motifs is 2. The molecule has 0 atom stereocenters. The minimum Gasteiger partial charge on any atom is -0.871 e. The molecular weight excluding hydrogens is 418 g/mol. The first-order valence-corrected chi connectivity index (χ1v) is 7.61. The van der Waals surface area contributed by atoms with Crippen LogP contribution in [0.3, 0.4) is 0 Å². The predicted molar refractivity (Wildman–Crippen MR) is 111 cm³/mol. The van der Waals surface area contributed by atoms with Gasteiger partial charge in [0.15, 0.2) is 0 Å². The Morgan fingerprint density at radius 1 is 0.533 bits per heavy atom. The van der Waals surface area contributed by atoms with Gasteiger partial charge in [0.1, 0.15) is 0 Å². The van der Waals surface area contributed by atoms with Gasteiger partial charge in [-0.05, 0) is 36.8 Å². The predicted octanol–water partition coefficient (Wildman–Crippen LogP) is 1.76. The van der Waals surface area contributed by atoms with Gasteiger partial charge in [0.25, 0.3) is 0 Å². The first kappa shape index (κ1) is 35.2. The largest absolute Gasteiger partial charge is 3.00 e. The number of benzene rings is 2. The molecule has 0 bridgehead atoms. The third-order valence-electron chi connectivity index (χ3n) is 3.64. The second kappa shape index (κ2) is 15.6. The normalized spacial score (nSPS) is 8.33. The molecule has 2 aromatic carbocycles. The van der Waals surface area contributed by atoms with Crippen molar-refractivity contribution in [3.05, 3.63) is 72.1 Å². The third-order valence-corrected chi connectivity index (χ3v) is 3.64. The van der Waals surface area contributed by atoms with Crippen molar-refractivity contribution >= 4 is 56.5 Å². The summed E-state index contributed by atoms with van der Waals surface area (Å²) >= 11 is 0. The van der Waals surface area contributed by atoms with E-state index in [0.29, 0.717) is 11.0 Å². The Labute approximate surface area is 195 Å². The van der Waals surface area contributed by atoms with Crippen LogP contribution in [0.25, 0.3) is 21.8 Å². The van der Waals surface area contributed by atoms with Gasteiger partial charge in [-0.25, -0.2) is 0 Å². The zero-order valence-electron chi connectivity index (χ0n) is 16.4. The van der Waals surface area contributed by atoms with Gasteiger partial charge < -0.3 is 32.1 Å². The van der Waals surface area contributed by atoms with E-state index in [1.54, 1.807) is 12.1 Å². The molecule has 0 saturated carbocycles. The summed E-state index contributed by atoms with van der Waals surface area (Å²) in [7, 11) is 0. The molecule has 4 rings (SSSR count). The van der Waals surface area contributed by atoms with Gasteiger partial charge in [0, 0.05) is 11.4 Å². The van der Waals surface area contributed by atoms with Gasteiger partial charge in [-0.15, -0.1) is 0 Å². The van der Waals surface area contributed by atoms with Crippen molar-refractivity contribution in [3.8, 4) is 11.5 Å². The third kappa shape index (κ3) is 8.25. The van der Waals surface area contributed by atoms with E-state index in [0.717, 1.165) is 22.2 Å². The summed E-state index contributed by atoms with van der Waals surface area (Å²) in [6, 6.07) is 18.0. The molecule has 0 spiro atoms. The Morgan fingerprint density at radius 2 is 0.867 bits per heavy atom. The number of hydrogen-bond acceptors (Lipinski definition) is 8. The van der Waals surface area contributed by atoms with E-state index in [2.05, 4.69) is 9.97 Å². The van der Waals surface area contributed by atoms with Crippen LogP contribution in [-0.4, -0.2) is 66.6 Å². The minimum absolute atomic E-state index is 0. The second-order valence-corrected chi connectivity index (χ2v) is 5.56. The van der Waals surface area contributed by atoms with Crippen molar-refractivity contribution in [2.24, 2.45) is 0 Å². The van der Waals surface area contributed by atoms with Crippen LogP contribution in [0.2, 0.25) is 0 Å². The Hall–Kier alpha value is -2.24. The van der Waals surface area contributed by atoms with Crippen LogP contribution in [-0.2, 0) is 0 Å². The van der Waals surface area contributed by atoms with E-state index in [-0.39, 0.29) is 68.1 Å². The van der Waals surface area contributed by atoms with Crippen LogP contribution in [0.5, 0.6) is 11.5 Å². The molecule has 10 heteroatoms. The molecule has 8 nitrogen and oxygen atoms in total. The molecule has 30 heavy (non-hydrogen) atoms. The van der Waals surface area contributed by atoms with Crippen LogP contribution in [0, 0.1) is 13.8 Å². The minimum atomic E-state index is -0.00352. The maximum atomic E-state index is 11.3. The molecule has 0 fully saturated rings. The molecule has 2 aromatic heterocycles. The summed E-state index contributed by atoms with van der Waals surface area (Å²) in [5.74, 6) is -0.00704. The van der Waals surface area contributed by atoms with Crippen molar-refractivity contribution in [1.29, 1.82) is 0 Å². The summed E-state index contributed by atoms with van der Waals surface area (Å²) in [5, 5.41) is 24.4. The fraction of sp³-hybridized carbons (Fsp3) is 0.100. The van der Waals surface area contributed by atoms with Crippen LogP contribution in [0.15, 0.2) is 60.7 Å². The number of rotatable bonds is 0. The van der Waals surface area contributed by atoms with Crippen LogP contribution in [0.1, 0.15) is 11.4 Å². The number of aryl methyl sites for hydroxylation is 2. The van der Waals surface area contributed by atoms with Crippen molar-refractivity contribution in [3.63, 3.8) is 0 Å². The van der Waals surface area contributed by atoms with Gasteiger partial charge >= 0.3 is 34.7 Å². The molecule has 4 N–H and O–H groups in total. The molecule has 152 valence electrons. The monoisotopic (exact) mass is 438 g/mol. The molecule has 4 aromatic rings. The van der Waals surface area contributed by atoms with Crippen molar-refractivity contribution in [2.45, 2.75) is 13.8 Å².